The van der Waals surface area contributed by atoms with Crippen LogP contribution in [0.1, 0.15) is 15.9 Å². The number of nitrogens with one attached hydrogen (secondary N) is 1. The van der Waals surface area contributed by atoms with Crippen molar-refractivity contribution in [2.45, 2.75) is 6.61 Å². The molecule has 0 aliphatic rings. The molecule has 0 bridgehead atoms. The van der Waals surface area contributed by atoms with Crippen LogP contribution in [0.2, 0.25) is 5.02 Å². The molecular formula is C15H13BrClNO2. The van der Waals surface area contributed by atoms with Crippen molar-refractivity contribution in [2.24, 2.45) is 0 Å². The Bertz CT molecular complexity index is 614. The number of amides is 1. The van der Waals surface area contributed by atoms with Gasteiger partial charge in [-0.3, -0.25) is 4.79 Å². The van der Waals surface area contributed by atoms with E-state index in [2.05, 4.69) is 21.2 Å². The number of ether oxygens (including phenoxy) is 1. The van der Waals surface area contributed by atoms with Gasteiger partial charge in [0, 0.05) is 17.1 Å². The van der Waals surface area contributed by atoms with E-state index in [4.69, 9.17) is 16.3 Å². The average Bonchev–Trinajstić information content (AvgIpc) is 2.43. The molecule has 0 aromatic heterocycles. The first-order chi connectivity index (χ1) is 9.60. The molecule has 2 rings (SSSR count). The zero-order valence-electron chi connectivity index (χ0n) is 10.8. The molecule has 0 heterocycles. The molecule has 1 amide bonds. The van der Waals surface area contributed by atoms with Crippen molar-refractivity contribution >= 4 is 39.1 Å². The minimum absolute atomic E-state index is 0.196. The molecule has 0 spiro atoms. The van der Waals surface area contributed by atoms with Crippen LogP contribution in [-0.4, -0.2) is 13.0 Å². The Labute approximate surface area is 131 Å². The van der Waals surface area contributed by atoms with Crippen molar-refractivity contribution in [1.29, 1.82) is 0 Å². The first kappa shape index (κ1) is 15.0. The minimum Gasteiger partial charge on any atom is -0.380 e. The molecule has 0 radical (unpaired) electrons. The quantitative estimate of drug-likeness (QED) is 0.878. The van der Waals surface area contributed by atoms with Crippen LogP contribution in [0.3, 0.4) is 0 Å². The molecule has 2 aromatic rings. The van der Waals surface area contributed by atoms with Crippen LogP contribution in [0.4, 0.5) is 5.69 Å². The van der Waals surface area contributed by atoms with Crippen LogP contribution in [0.5, 0.6) is 0 Å². The van der Waals surface area contributed by atoms with Gasteiger partial charge in [-0.2, -0.15) is 0 Å². The molecule has 0 fully saturated rings. The summed E-state index contributed by atoms with van der Waals surface area (Å²) in [5.74, 6) is -0.196. The molecule has 0 atom stereocenters. The Morgan fingerprint density at radius 3 is 2.55 bits per heavy atom. The maximum Gasteiger partial charge on any atom is 0.255 e. The summed E-state index contributed by atoms with van der Waals surface area (Å²) in [6.07, 6.45) is 0. The van der Waals surface area contributed by atoms with Crippen LogP contribution < -0.4 is 5.32 Å². The number of halogens is 2. The van der Waals surface area contributed by atoms with E-state index >= 15 is 0 Å². The number of rotatable bonds is 4. The summed E-state index contributed by atoms with van der Waals surface area (Å²) >= 11 is 9.39. The summed E-state index contributed by atoms with van der Waals surface area (Å²) in [5.41, 5.74) is 2.18. The second-order valence-electron chi connectivity index (χ2n) is 4.21. The highest BCUT2D eigenvalue weighted by Crippen LogP contribution is 2.26. The molecular weight excluding hydrogens is 342 g/mol. The number of benzene rings is 2. The maximum atomic E-state index is 12.1. The summed E-state index contributed by atoms with van der Waals surface area (Å²) in [6.45, 7) is 0.528. The Morgan fingerprint density at radius 1 is 1.25 bits per heavy atom. The number of hydrogen-bond acceptors (Lipinski definition) is 2. The molecule has 0 saturated heterocycles. The number of methoxy groups -OCH3 is 1. The average molecular weight is 355 g/mol. The van der Waals surface area contributed by atoms with Crippen LogP contribution in [0.15, 0.2) is 46.9 Å². The van der Waals surface area contributed by atoms with Gasteiger partial charge in [0.2, 0.25) is 0 Å². The van der Waals surface area contributed by atoms with Gasteiger partial charge in [0.1, 0.15) is 0 Å². The van der Waals surface area contributed by atoms with E-state index in [0.717, 1.165) is 10.0 Å². The van der Waals surface area contributed by atoms with Crippen LogP contribution >= 0.6 is 27.5 Å². The van der Waals surface area contributed by atoms with Gasteiger partial charge in [-0.1, -0.05) is 39.7 Å². The van der Waals surface area contributed by atoms with E-state index in [1.54, 1.807) is 31.4 Å². The Balaban J connectivity index is 2.11. The Kier molecular flexibility index (Phi) is 5.17. The Hall–Kier alpha value is -1.36. The van der Waals surface area contributed by atoms with Crippen LogP contribution in [-0.2, 0) is 11.3 Å². The summed E-state index contributed by atoms with van der Waals surface area (Å²) in [7, 11) is 1.64. The lowest BCUT2D eigenvalue weighted by molar-refractivity contribution is 0.102. The van der Waals surface area contributed by atoms with Crippen molar-refractivity contribution in [1.82, 2.24) is 0 Å². The van der Waals surface area contributed by atoms with E-state index in [1.165, 1.54) is 0 Å². The largest absolute Gasteiger partial charge is 0.380 e. The van der Waals surface area contributed by atoms with E-state index in [-0.39, 0.29) is 5.91 Å². The van der Waals surface area contributed by atoms with E-state index in [9.17, 15) is 4.79 Å². The third-order valence-corrected chi connectivity index (χ3v) is 3.51. The molecule has 5 heteroatoms. The first-order valence-corrected chi connectivity index (χ1v) is 7.11. The fourth-order valence-electron chi connectivity index (χ4n) is 1.70. The second kappa shape index (κ2) is 6.88. The molecule has 0 aliphatic heterocycles. The SMILES string of the molecule is COCc1ccc(C(=O)Nc2ccc(Br)cc2Cl)cc1. The standard InChI is InChI=1S/C15H13BrClNO2/c1-20-9-10-2-4-11(5-3-10)15(19)18-14-7-6-12(16)8-13(14)17/h2-8H,9H2,1H3,(H,18,19). The van der Waals surface area contributed by atoms with E-state index in [0.29, 0.717) is 22.9 Å². The zero-order chi connectivity index (χ0) is 14.5. The zero-order valence-corrected chi connectivity index (χ0v) is 13.2. The predicted molar refractivity (Wildman–Crippen MR) is 84.3 cm³/mol. The predicted octanol–water partition coefficient (Wildman–Crippen LogP) is 4.50. The maximum absolute atomic E-state index is 12.1. The number of anilines is 1. The van der Waals surface area contributed by atoms with Crippen molar-refractivity contribution in [3.63, 3.8) is 0 Å². The van der Waals surface area contributed by atoms with Crippen molar-refractivity contribution < 1.29 is 9.53 Å². The van der Waals surface area contributed by atoms with Crippen molar-refractivity contribution in [2.75, 3.05) is 12.4 Å². The summed E-state index contributed by atoms with van der Waals surface area (Å²) < 4.78 is 5.89. The van der Waals surface area contributed by atoms with Gasteiger partial charge in [-0.25, -0.2) is 0 Å². The van der Waals surface area contributed by atoms with E-state index in [1.807, 2.05) is 18.2 Å². The number of carbonyl (C=O) groups is 1. The van der Waals surface area contributed by atoms with Gasteiger partial charge < -0.3 is 10.1 Å². The van der Waals surface area contributed by atoms with E-state index < -0.39 is 0 Å². The topological polar surface area (TPSA) is 38.3 Å². The normalized spacial score (nSPS) is 10.3. The third kappa shape index (κ3) is 3.82. The second-order valence-corrected chi connectivity index (χ2v) is 5.53. The number of carbonyl (C=O) groups excluding carboxylic acids is 1. The minimum atomic E-state index is -0.196. The summed E-state index contributed by atoms with van der Waals surface area (Å²) in [5, 5.41) is 3.27. The monoisotopic (exact) mass is 353 g/mol. The smallest absolute Gasteiger partial charge is 0.255 e. The van der Waals surface area contributed by atoms with Gasteiger partial charge in [-0.05, 0) is 35.9 Å². The molecule has 104 valence electrons. The van der Waals surface area contributed by atoms with Crippen molar-refractivity contribution in [3.05, 3.63) is 63.1 Å². The van der Waals surface area contributed by atoms with Crippen LogP contribution in [0, 0.1) is 0 Å². The van der Waals surface area contributed by atoms with Gasteiger partial charge in [0.25, 0.3) is 5.91 Å². The van der Waals surface area contributed by atoms with Gasteiger partial charge in [-0.15, -0.1) is 0 Å². The molecule has 0 unspecified atom stereocenters. The number of hydrogen-bond donors (Lipinski definition) is 1. The molecule has 20 heavy (non-hydrogen) atoms. The molecule has 0 aliphatic carbocycles. The molecule has 2 aromatic carbocycles. The molecule has 0 saturated carbocycles. The molecule has 1 N–H and O–H groups in total. The lowest BCUT2D eigenvalue weighted by atomic mass is 10.1. The summed E-state index contributed by atoms with van der Waals surface area (Å²) in [6, 6.07) is 12.6. The Morgan fingerprint density at radius 2 is 1.95 bits per heavy atom. The lowest BCUT2D eigenvalue weighted by Crippen LogP contribution is -2.12. The third-order valence-electron chi connectivity index (χ3n) is 2.71. The van der Waals surface area contributed by atoms with Crippen molar-refractivity contribution in [3.8, 4) is 0 Å². The van der Waals surface area contributed by atoms with Gasteiger partial charge in [0.05, 0.1) is 17.3 Å². The lowest BCUT2D eigenvalue weighted by Gasteiger charge is -2.08. The summed E-state index contributed by atoms with van der Waals surface area (Å²) in [4.78, 5) is 12.1. The fourth-order valence-corrected chi connectivity index (χ4v) is 2.43. The molecule has 3 nitrogen and oxygen atoms in total. The van der Waals surface area contributed by atoms with Gasteiger partial charge >= 0.3 is 0 Å². The highest BCUT2D eigenvalue weighted by molar-refractivity contribution is 9.10. The highest BCUT2D eigenvalue weighted by atomic mass is 79.9. The first-order valence-electron chi connectivity index (χ1n) is 5.94. The van der Waals surface area contributed by atoms with Gasteiger partial charge in [0.15, 0.2) is 0 Å². The highest BCUT2D eigenvalue weighted by Gasteiger charge is 2.08. The fraction of sp³-hybridized carbons (Fsp3) is 0.133. The van der Waals surface area contributed by atoms with Crippen LogP contribution in [0.25, 0.3) is 0 Å².